The molecule has 0 aromatic heterocycles. The van der Waals surface area contributed by atoms with Crippen molar-refractivity contribution < 1.29 is 0 Å². The van der Waals surface area contributed by atoms with E-state index < -0.39 is 0 Å². The molecule has 0 aromatic rings. The first-order valence-corrected chi connectivity index (χ1v) is 3.55. The molecule has 0 heterocycles. The van der Waals surface area contributed by atoms with Gasteiger partial charge in [-0.15, -0.1) is 0 Å². The zero-order chi connectivity index (χ0) is 3.70. The summed E-state index contributed by atoms with van der Waals surface area (Å²) < 4.78 is 1.11. The topological polar surface area (TPSA) is 0 Å². The van der Waals surface area contributed by atoms with Crippen molar-refractivity contribution in [3.63, 3.8) is 0 Å². The van der Waals surface area contributed by atoms with Gasteiger partial charge in [0.05, 0.1) is 0 Å². The van der Waals surface area contributed by atoms with Gasteiger partial charge in [0.15, 0.2) is 0 Å². The molecule has 1 rings (SSSR count). The molecule has 28 valence electrons. The van der Waals surface area contributed by atoms with Gasteiger partial charge < -0.3 is 0 Å². The predicted octanol–water partition coefficient (Wildman–Crippen LogP) is 1.13. The van der Waals surface area contributed by atoms with Crippen molar-refractivity contribution in [2.75, 3.05) is 0 Å². The average molecular weight is 177 g/mol. The van der Waals surface area contributed by atoms with Crippen LogP contribution in [0.1, 0.15) is 19.3 Å². The van der Waals surface area contributed by atoms with Crippen LogP contribution in [-0.2, 0) is 0 Å². The second kappa shape index (κ2) is 1.51. The first-order valence-electron chi connectivity index (χ1n) is 2.07. The molecule has 2 radical (unpaired) electrons. The Morgan fingerprint density at radius 1 is 1.40 bits per heavy atom. The molecule has 0 saturated heterocycles. The molecule has 0 spiro atoms. The molecule has 1 fully saturated rings. The Morgan fingerprint density at radius 2 is 1.80 bits per heavy atom. The fraction of sp³-hybridized carbons (Fsp3) is 1.00. The van der Waals surface area contributed by atoms with Crippen LogP contribution >= 0.6 is 0 Å². The third-order valence-electron chi connectivity index (χ3n) is 1.07. The average Bonchev–Trinajstić information content (AvgIpc) is 1.30. The van der Waals surface area contributed by atoms with Crippen molar-refractivity contribution in [1.29, 1.82) is 0 Å². The van der Waals surface area contributed by atoms with Crippen molar-refractivity contribution in [3.05, 3.63) is 0 Å². The van der Waals surface area contributed by atoms with E-state index >= 15 is 0 Å². The third-order valence-corrected chi connectivity index (χ3v) is 2.55. The number of hydrogen-bond acceptors (Lipinski definition) is 0. The van der Waals surface area contributed by atoms with E-state index in [2.05, 4.69) is 0 Å². The van der Waals surface area contributed by atoms with Gasteiger partial charge in [-0.3, -0.25) is 0 Å². The molecule has 0 atom stereocenters. The molecule has 0 aliphatic heterocycles. The first kappa shape index (κ1) is 3.99. The summed E-state index contributed by atoms with van der Waals surface area (Å²) in [6.45, 7) is 0. The fourth-order valence-electron chi connectivity index (χ4n) is 0.387. The quantitative estimate of drug-likeness (QED) is 0.486. The van der Waals surface area contributed by atoms with Gasteiger partial charge in [-0.2, -0.15) is 0 Å². The maximum absolute atomic E-state index is 2.00. The summed E-state index contributed by atoms with van der Waals surface area (Å²) in [5.41, 5.74) is 0. The van der Waals surface area contributed by atoms with Crippen LogP contribution in [0, 0.1) is 0 Å². The van der Waals surface area contributed by atoms with Gasteiger partial charge >= 0.3 is 46.1 Å². The predicted molar refractivity (Wildman–Crippen MR) is 23.4 cm³/mol. The van der Waals surface area contributed by atoms with E-state index in [0.717, 1.165) is 3.86 Å². The molecular weight excluding hydrogens is 170 g/mol. The van der Waals surface area contributed by atoms with Crippen molar-refractivity contribution in [2.45, 2.75) is 23.1 Å². The van der Waals surface area contributed by atoms with Gasteiger partial charge in [0, 0.05) is 0 Å². The molecule has 5 heavy (non-hydrogen) atoms. The van der Waals surface area contributed by atoms with Crippen LogP contribution in [0.3, 0.4) is 0 Å². The molecule has 0 N–H and O–H groups in total. The van der Waals surface area contributed by atoms with Crippen LogP contribution in [0.5, 0.6) is 0 Å². The van der Waals surface area contributed by atoms with Crippen LogP contribution < -0.4 is 0 Å². The fourth-order valence-corrected chi connectivity index (χ4v) is 1.43. The Hall–Kier alpha value is 0.818. The van der Waals surface area contributed by atoms with Crippen LogP contribution in [0.15, 0.2) is 0 Å². The van der Waals surface area contributed by atoms with E-state index in [9.17, 15) is 0 Å². The molecular formula is C4H7Sb. The summed E-state index contributed by atoms with van der Waals surface area (Å²) in [6.07, 6.45) is 4.52. The van der Waals surface area contributed by atoms with E-state index in [4.69, 9.17) is 0 Å². The third kappa shape index (κ3) is 0.823. The zero-order valence-corrected chi connectivity index (χ0v) is 5.70. The van der Waals surface area contributed by atoms with E-state index in [1.165, 1.54) is 19.3 Å². The molecule has 1 aliphatic rings. The molecule has 0 bridgehead atoms. The second-order valence-electron chi connectivity index (χ2n) is 1.58. The summed E-state index contributed by atoms with van der Waals surface area (Å²) in [7, 11) is 0. The van der Waals surface area contributed by atoms with Gasteiger partial charge in [0.2, 0.25) is 0 Å². The summed E-state index contributed by atoms with van der Waals surface area (Å²) in [4.78, 5) is 0. The van der Waals surface area contributed by atoms with Crippen molar-refractivity contribution in [3.8, 4) is 0 Å². The summed E-state index contributed by atoms with van der Waals surface area (Å²) >= 11 is 2.00. The SMILES string of the molecule is [Sb][CH]1CCC1. The van der Waals surface area contributed by atoms with Crippen molar-refractivity contribution in [1.82, 2.24) is 0 Å². The summed E-state index contributed by atoms with van der Waals surface area (Å²) in [5, 5.41) is 0. The van der Waals surface area contributed by atoms with E-state index in [1.54, 1.807) is 0 Å². The number of rotatable bonds is 0. The van der Waals surface area contributed by atoms with Crippen LogP contribution in [0.25, 0.3) is 0 Å². The minimum atomic E-state index is 1.11. The zero-order valence-electron chi connectivity index (χ0n) is 3.15. The normalized spacial score (nSPS) is 25.8. The van der Waals surface area contributed by atoms with Gasteiger partial charge in [0.1, 0.15) is 0 Å². The molecule has 0 amide bonds. The minimum absolute atomic E-state index is 1.11. The monoisotopic (exact) mass is 176 g/mol. The van der Waals surface area contributed by atoms with E-state index in [-0.39, 0.29) is 0 Å². The molecule has 1 heteroatoms. The van der Waals surface area contributed by atoms with Crippen LogP contribution in [-0.4, -0.2) is 23.0 Å². The van der Waals surface area contributed by atoms with Gasteiger partial charge in [-0.1, -0.05) is 0 Å². The molecule has 0 aromatic carbocycles. The Balaban J connectivity index is 2.08. The Morgan fingerprint density at radius 3 is 1.80 bits per heavy atom. The van der Waals surface area contributed by atoms with Crippen molar-refractivity contribution >= 4 is 23.0 Å². The molecule has 1 saturated carbocycles. The van der Waals surface area contributed by atoms with Crippen LogP contribution in [0.2, 0.25) is 3.86 Å². The van der Waals surface area contributed by atoms with E-state index in [1.807, 2.05) is 23.0 Å². The van der Waals surface area contributed by atoms with Gasteiger partial charge in [-0.05, 0) is 0 Å². The van der Waals surface area contributed by atoms with E-state index in [0.29, 0.717) is 0 Å². The Bertz CT molecular complexity index is 30.6. The first-order chi connectivity index (χ1) is 2.39. The van der Waals surface area contributed by atoms with Gasteiger partial charge in [0.25, 0.3) is 0 Å². The summed E-state index contributed by atoms with van der Waals surface area (Å²) in [5.74, 6) is 0. The molecule has 1 aliphatic carbocycles. The second-order valence-corrected chi connectivity index (χ2v) is 3.67. The number of hydrogen-bond donors (Lipinski definition) is 0. The van der Waals surface area contributed by atoms with Crippen molar-refractivity contribution in [2.24, 2.45) is 0 Å². The molecule has 0 unspecified atom stereocenters. The van der Waals surface area contributed by atoms with Crippen LogP contribution in [0.4, 0.5) is 0 Å². The Labute approximate surface area is 46.4 Å². The standard InChI is InChI=1S/C4H7.Sb/c1-2-4-3-1;/h1H,2-4H2;. The van der Waals surface area contributed by atoms with Gasteiger partial charge in [-0.25, -0.2) is 0 Å². The molecule has 0 nitrogen and oxygen atoms in total. The summed E-state index contributed by atoms with van der Waals surface area (Å²) in [6, 6.07) is 0. The Kier molecular flexibility index (Phi) is 1.21. The maximum atomic E-state index is 2.00.